The maximum Gasteiger partial charge on any atom is 0.288 e. The highest BCUT2D eigenvalue weighted by Crippen LogP contribution is 2.29. The Morgan fingerprint density at radius 3 is 2.57 bits per heavy atom. The molecule has 5 heteroatoms. The molecular formula is C9H8ClNO2S. The molecule has 0 aromatic heterocycles. The molecule has 0 bridgehead atoms. The monoisotopic (exact) mass is 229 g/mol. The first-order chi connectivity index (χ1) is 6.68. The van der Waals surface area contributed by atoms with Crippen molar-refractivity contribution in [2.75, 3.05) is 10.7 Å². The van der Waals surface area contributed by atoms with Crippen molar-refractivity contribution in [3.63, 3.8) is 0 Å². The second kappa shape index (κ2) is 3.81. The molecule has 74 valence electrons. The number of rotatable bonds is 1. The molecule has 0 saturated carbocycles. The minimum Gasteiger partial charge on any atom is -0.372 e. The van der Waals surface area contributed by atoms with Gasteiger partial charge < -0.3 is 5.11 Å². The Labute approximate surface area is 90.7 Å². The van der Waals surface area contributed by atoms with Gasteiger partial charge in [-0.3, -0.25) is 9.69 Å². The first-order valence-corrected chi connectivity index (χ1v) is 5.44. The van der Waals surface area contributed by atoms with Gasteiger partial charge in [-0.1, -0.05) is 23.4 Å². The van der Waals surface area contributed by atoms with E-state index in [2.05, 4.69) is 0 Å². The van der Waals surface area contributed by atoms with Gasteiger partial charge >= 0.3 is 0 Å². The summed E-state index contributed by atoms with van der Waals surface area (Å²) in [7, 11) is 0. The molecular weight excluding hydrogens is 222 g/mol. The average molecular weight is 230 g/mol. The maximum atomic E-state index is 11.4. The molecule has 1 amide bonds. The summed E-state index contributed by atoms with van der Waals surface area (Å²) in [6.45, 7) is 0. The van der Waals surface area contributed by atoms with Crippen molar-refractivity contribution in [3.8, 4) is 0 Å². The van der Waals surface area contributed by atoms with Crippen LogP contribution in [0.25, 0.3) is 0 Å². The van der Waals surface area contributed by atoms with E-state index in [0.29, 0.717) is 16.5 Å². The predicted molar refractivity (Wildman–Crippen MR) is 57.8 cm³/mol. The topological polar surface area (TPSA) is 40.5 Å². The van der Waals surface area contributed by atoms with Crippen molar-refractivity contribution < 1.29 is 9.90 Å². The predicted octanol–water partition coefficient (Wildman–Crippen LogP) is 2.33. The molecule has 1 aliphatic rings. The zero-order chi connectivity index (χ0) is 10.1. The number of aliphatic hydroxyl groups is 1. The lowest BCUT2D eigenvalue weighted by atomic mass is 10.3. The van der Waals surface area contributed by atoms with Crippen molar-refractivity contribution in [3.05, 3.63) is 29.3 Å². The first kappa shape index (κ1) is 9.83. The van der Waals surface area contributed by atoms with Crippen LogP contribution in [-0.4, -0.2) is 22.3 Å². The van der Waals surface area contributed by atoms with E-state index in [1.807, 2.05) is 0 Å². The number of benzene rings is 1. The summed E-state index contributed by atoms with van der Waals surface area (Å²) < 4.78 is 0. The van der Waals surface area contributed by atoms with E-state index in [1.54, 1.807) is 24.3 Å². The Hall–Kier alpha value is -0.710. The molecule has 2 rings (SSSR count). The van der Waals surface area contributed by atoms with Crippen molar-refractivity contribution in [1.29, 1.82) is 0 Å². The highest BCUT2D eigenvalue weighted by atomic mass is 35.5. The van der Waals surface area contributed by atoms with Crippen LogP contribution in [0.2, 0.25) is 5.02 Å². The fourth-order valence-electron chi connectivity index (χ4n) is 1.29. The fourth-order valence-corrected chi connectivity index (χ4v) is 2.22. The molecule has 1 heterocycles. The number of thioether (sulfide) groups is 1. The number of anilines is 1. The van der Waals surface area contributed by atoms with Crippen molar-refractivity contribution in [2.24, 2.45) is 0 Å². The van der Waals surface area contributed by atoms with Crippen molar-refractivity contribution in [1.82, 2.24) is 0 Å². The minimum absolute atomic E-state index is 0.125. The maximum absolute atomic E-state index is 11.4. The standard InChI is InChI=1S/C9H8ClNO2S/c10-6-1-3-7(4-2-6)11-8(12)5-14-9(11)13/h1-4,8,12H,5H2. The molecule has 1 unspecified atom stereocenters. The fraction of sp³-hybridized carbons (Fsp3) is 0.222. The number of nitrogens with zero attached hydrogens (tertiary/aromatic N) is 1. The molecule has 0 spiro atoms. The molecule has 1 atom stereocenters. The van der Waals surface area contributed by atoms with Gasteiger partial charge in [0.15, 0.2) is 0 Å². The van der Waals surface area contributed by atoms with Crippen LogP contribution >= 0.6 is 23.4 Å². The number of hydrogen-bond acceptors (Lipinski definition) is 3. The first-order valence-electron chi connectivity index (χ1n) is 4.08. The van der Waals surface area contributed by atoms with Crippen LogP contribution in [0.3, 0.4) is 0 Å². The molecule has 1 fully saturated rings. The Balaban J connectivity index is 2.30. The SMILES string of the molecule is O=C1SCC(O)N1c1ccc(Cl)cc1. The van der Waals surface area contributed by atoms with Gasteiger partial charge in [-0.25, -0.2) is 0 Å². The van der Waals surface area contributed by atoms with E-state index < -0.39 is 6.23 Å². The summed E-state index contributed by atoms with van der Waals surface area (Å²) in [5, 5.41) is 10.0. The van der Waals surface area contributed by atoms with Crippen LogP contribution in [0.1, 0.15) is 0 Å². The smallest absolute Gasteiger partial charge is 0.288 e. The van der Waals surface area contributed by atoms with E-state index in [9.17, 15) is 9.90 Å². The number of hydrogen-bond donors (Lipinski definition) is 1. The van der Waals surface area contributed by atoms with E-state index in [-0.39, 0.29) is 5.24 Å². The Morgan fingerprint density at radius 2 is 2.07 bits per heavy atom. The number of halogens is 1. The largest absolute Gasteiger partial charge is 0.372 e. The van der Waals surface area contributed by atoms with Gasteiger partial charge in [0, 0.05) is 16.5 Å². The second-order valence-corrected chi connectivity index (χ2v) is 4.31. The van der Waals surface area contributed by atoms with Gasteiger partial charge in [0.05, 0.1) is 0 Å². The summed E-state index contributed by atoms with van der Waals surface area (Å²) in [4.78, 5) is 12.7. The molecule has 0 radical (unpaired) electrons. The van der Waals surface area contributed by atoms with Crippen molar-refractivity contribution in [2.45, 2.75) is 6.23 Å². The summed E-state index contributed by atoms with van der Waals surface area (Å²) in [5.41, 5.74) is 0.678. The van der Waals surface area contributed by atoms with Gasteiger partial charge in [-0.2, -0.15) is 0 Å². The molecule has 0 aliphatic carbocycles. The zero-order valence-corrected chi connectivity index (χ0v) is 8.76. The van der Waals surface area contributed by atoms with Gasteiger partial charge in [-0.05, 0) is 24.3 Å². The molecule has 1 aromatic carbocycles. The number of carbonyl (C=O) groups is 1. The summed E-state index contributed by atoms with van der Waals surface area (Å²) in [6.07, 6.45) is -0.728. The van der Waals surface area contributed by atoms with Crippen LogP contribution in [0.4, 0.5) is 10.5 Å². The number of carbonyl (C=O) groups excluding carboxylic acids is 1. The van der Waals surface area contributed by atoms with Crippen LogP contribution in [0.15, 0.2) is 24.3 Å². The Bertz CT molecular complexity index is 354. The number of aliphatic hydroxyl groups excluding tert-OH is 1. The third-order valence-electron chi connectivity index (χ3n) is 1.96. The second-order valence-electron chi connectivity index (χ2n) is 2.90. The van der Waals surface area contributed by atoms with E-state index >= 15 is 0 Å². The lowest BCUT2D eigenvalue weighted by Gasteiger charge is -2.19. The Morgan fingerprint density at radius 1 is 1.43 bits per heavy atom. The summed E-state index contributed by atoms with van der Waals surface area (Å²) in [6, 6.07) is 6.82. The normalized spacial score (nSPS) is 21.7. The number of amides is 1. The van der Waals surface area contributed by atoms with Crippen LogP contribution in [0.5, 0.6) is 0 Å². The zero-order valence-electron chi connectivity index (χ0n) is 7.18. The van der Waals surface area contributed by atoms with Gasteiger partial charge in [0.2, 0.25) is 0 Å². The van der Waals surface area contributed by atoms with E-state index in [0.717, 1.165) is 11.8 Å². The average Bonchev–Trinajstić information content (AvgIpc) is 2.49. The third kappa shape index (κ3) is 1.73. The molecule has 1 N–H and O–H groups in total. The summed E-state index contributed by atoms with van der Waals surface area (Å²) in [5.74, 6) is 0.418. The van der Waals surface area contributed by atoms with Crippen LogP contribution in [0, 0.1) is 0 Å². The van der Waals surface area contributed by atoms with Crippen molar-refractivity contribution >= 4 is 34.3 Å². The van der Waals surface area contributed by atoms with Crippen LogP contribution < -0.4 is 4.90 Å². The van der Waals surface area contributed by atoms with Crippen LogP contribution in [-0.2, 0) is 0 Å². The van der Waals surface area contributed by atoms with Gasteiger partial charge in [-0.15, -0.1) is 0 Å². The molecule has 1 aliphatic heterocycles. The quantitative estimate of drug-likeness (QED) is 0.804. The minimum atomic E-state index is -0.728. The molecule has 3 nitrogen and oxygen atoms in total. The lowest BCUT2D eigenvalue weighted by Crippen LogP contribution is -2.32. The lowest BCUT2D eigenvalue weighted by molar-refractivity contribution is 0.200. The molecule has 1 aromatic rings. The highest BCUT2D eigenvalue weighted by Gasteiger charge is 2.31. The third-order valence-corrected chi connectivity index (χ3v) is 3.12. The van der Waals surface area contributed by atoms with E-state index in [1.165, 1.54) is 4.90 Å². The van der Waals surface area contributed by atoms with Gasteiger partial charge in [0.1, 0.15) is 6.23 Å². The van der Waals surface area contributed by atoms with E-state index in [4.69, 9.17) is 11.6 Å². The van der Waals surface area contributed by atoms with Gasteiger partial charge in [0.25, 0.3) is 5.24 Å². The molecule has 14 heavy (non-hydrogen) atoms. The highest BCUT2D eigenvalue weighted by molar-refractivity contribution is 8.14. The summed E-state index contributed by atoms with van der Waals surface area (Å²) >= 11 is 6.84. The molecule has 1 saturated heterocycles. The Kier molecular flexibility index (Phi) is 2.67.